The van der Waals surface area contributed by atoms with Gasteiger partial charge >= 0.3 is 0 Å². The van der Waals surface area contributed by atoms with Gasteiger partial charge in [0.25, 0.3) is 0 Å². The van der Waals surface area contributed by atoms with Crippen LogP contribution in [0, 0.1) is 5.82 Å². The average Bonchev–Trinajstić information content (AvgIpc) is 2.23. The molecule has 0 spiro atoms. The monoisotopic (exact) mass is 249 g/mol. The van der Waals surface area contributed by atoms with Gasteiger partial charge in [-0.25, -0.2) is 4.39 Å². The van der Waals surface area contributed by atoms with Crippen molar-refractivity contribution in [3.8, 4) is 0 Å². The third-order valence-corrected chi connectivity index (χ3v) is 2.70. The molecule has 0 fully saturated rings. The third kappa shape index (κ3) is 4.83. The van der Waals surface area contributed by atoms with Gasteiger partial charge in [0.15, 0.2) is 0 Å². The van der Waals surface area contributed by atoms with Crippen LogP contribution in [-0.2, 0) is 6.54 Å². The Morgan fingerprint density at radius 3 is 2.80 bits per heavy atom. The van der Waals surface area contributed by atoms with E-state index < -0.39 is 0 Å². The molecule has 0 bridgehead atoms. The smallest absolute Gasteiger partial charge is 0.123 e. The van der Waals surface area contributed by atoms with Crippen LogP contribution in [0.25, 0.3) is 0 Å². The lowest BCUT2D eigenvalue weighted by atomic mass is 10.2. The Balaban J connectivity index is 2.33. The van der Waals surface area contributed by atoms with E-state index in [1.54, 1.807) is 6.07 Å². The fourth-order valence-electron chi connectivity index (χ4n) is 1.25. The Morgan fingerprint density at radius 2 is 2.07 bits per heavy atom. The first-order valence-electron chi connectivity index (χ1n) is 4.94. The predicted octanol–water partition coefficient (Wildman–Crippen LogP) is 3.59. The van der Waals surface area contributed by atoms with Crippen LogP contribution in [0.3, 0.4) is 0 Å². The number of hydrogen-bond acceptors (Lipinski definition) is 1. The quantitative estimate of drug-likeness (QED) is 0.601. The highest BCUT2D eigenvalue weighted by atomic mass is 35.5. The van der Waals surface area contributed by atoms with Crippen molar-refractivity contribution >= 4 is 23.2 Å². The van der Waals surface area contributed by atoms with E-state index in [1.807, 2.05) is 0 Å². The van der Waals surface area contributed by atoms with Gasteiger partial charge in [0.05, 0.1) is 0 Å². The molecule has 0 aromatic heterocycles. The summed E-state index contributed by atoms with van der Waals surface area (Å²) in [6.45, 7) is 1.47. The van der Waals surface area contributed by atoms with Crippen LogP contribution >= 0.6 is 23.2 Å². The summed E-state index contributed by atoms with van der Waals surface area (Å²) in [6.07, 6.45) is 2.02. The minimum absolute atomic E-state index is 0.253. The molecule has 1 nitrogen and oxygen atoms in total. The van der Waals surface area contributed by atoms with E-state index >= 15 is 0 Å². The summed E-state index contributed by atoms with van der Waals surface area (Å²) in [5.74, 6) is 0.430. The molecule has 1 aromatic carbocycles. The Labute approximate surface area is 99.6 Å². The van der Waals surface area contributed by atoms with Gasteiger partial charge < -0.3 is 5.32 Å². The molecule has 0 saturated carbocycles. The van der Waals surface area contributed by atoms with Gasteiger partial charge in [-0.15, -0.1) is 11.6 Å². The summed E-state index contributed by atoms with van der Waals surface area (Å²) in [7, 11) is 0. The van der Waals surface area contributed by atoms with E-state index in [2.05, 4.69) is 5.32 Å². The van der Waals surface area contributed by atoms with E-state index in [9.17, 15) is 4.39 Å². The second kappa shape index (κ2) is 7.04. The van der Waals surface area contributed by atoms with Crippen molar-refractivity contribution in [3.63, 3.8) is 0 Å². The van der Waals surface area contributed by atoms with Crippen LogP contribution in [0.4, 0.5) is 4.39 Å². The average molecular weight is 250 g/mol. The highest BCUT2D eigenvalue weighted by Gasteiger charge is 2.01. The maximum absolute atomic E-state index is 12.9. The molecule has 0 aliphatic heterocycles. The molecule has 0 saturated heterocycles. The standard InChI is InChI=1S/C11H14Cl2FN/c12-5-1-2-6-15-8-9-7-10(14)3-4-11(9)13/h3-4,7,15H,1-2,5-6,8H2. The molecule has 0 unspecified atom stereocenters. The Bertz CT molecular complexity index is 305. The summed E-state index contributed by atoms with van der Waals surface area (Å²) in [5.41, 5.74) is 0.794. The molecule has 0 amide bonds. The molecular formula is C11H14Cl2FN. The summed E-state index contributed by atoms with van der Waals surface area (Å²) < 4.78 is 12.9. The molecule has 84 valence electrons. The van der Waals surface area contributed by atoms with Crippen molar-refractivity contribution in [2.24, 2.45) is 0 Å². The molecule has 0 heterocycles. The molecule has 1 rings (SSSR count). The maximum Gasteiger partial charge on any atom is 0.123 e. The number of unbranched alkanes of at least 4 members (excludes halogenated alkanes) is 1. The van der Waals surface area contributed by atoms with Gasteiger partial charge in [-0.3, -0.25) is 0 Å². The van der Waals surface area contributed by atoms with Crippen molar-refractivity contribution in [1.82, 2.24) is 5.32 Å². The van der Waals surface area contributed by atoms with Gasteiger partial charge in [-0.1, -0.05) is 11.6 Å². The Hall–Kier alpha value is -0.310. The predicted molar refractivity (Wildman–Crippen MR) is 63.1 cm³/mol. The molecule has 1 aromatic rings. The Morgan fingerprint density at radius 1 is 1.27 bits per heavy atom. The number of nitrogens with one attached hydrogen (secondary N) is 1. The summed E-state index contributed by atoms with van der Waals surface area (Å²) in [6, 6.07) is 4.39. The van der Waals surface area contributed by atoms with Crippen LogP contribution in [-0.4, -0.2) is 12.4 Å². The summed E-state index contributed by atoms with van der Waals surface area (Å²) in [5, 5.41) is 3.79. The normalized spacial score (nSPS) is 10.6. The molecule has 15 heavy (non-hydrogen) atoms. The van der Waals surface area contributed by atoms with Crippen molar-refractivity contribution in [2.75, 3.05) is 12.4 Å². The van der Waals surface area contributed by atoms with Crippen LogP contribution in [0.15, 0.2) is 18.2 Å². The van der Waals surface area contributed by atoms with Gasteiger partial charge in [-0.2, -0.15) is 0 Å². The molecule has 0 radical (unpaired) electrons. The zero-order chi connectivity index (χ0) is 11.1. The van der Waals surface area contributed by atoms with E-state index in [4.69, 9.17) is 23.2 Å². The molecule has 0 atom stereocenters. The fourth-order valence-corrected chi connectivity index (χ4v) is 1.62. The van der Waals surface area contributed by atoms with Crippen LogP contribution in [0.2, 0.25) is 5.02 Å². The lowest BCUT2D eigenvalue weighted by molar-refractivity contribution is 0.614. The van der Waals surface area contributed by atoms with Crippen molar-refractivity contribution in [2.45, 2.75) is 19.4 Å². The number of benzene rings is 1. The highest BCUT2D eigenvalue weighted by Crippen LogP contribution is 2.16. The van der Waals surface area contributed by atoms with E-state index in [0.29, 0.717) is 17.4 Å². The van der Waals surface area contributed by atoms with E-state index in [0.717, 1.165) is 24.9 Å². The molecule has 1 N–H and O–H groups in total. The lowest BCUT2D eigenvalue weighted by Crippen LogP contribution is -2.15. The fraction of sp³-hybridized carbons (Fsp3) is 0.455. The molecular weight excluding hydrogens is 236 g/mol. The third-order valence-electron chi connectivity index (χ3n) is 2.06. The number of hydrogen-bond donors (Lipinski definition) is 1. The zero-order valence-corrected chi connectivity index (χ0v) is 9.91. The first-order chi connectivity index (χ1) is 7.24. The number of alkyl halides is 1. The van der Waals surface area contributed by atoms with Crippen molar-refractivity contribution < 1.29 is 4.39 Å². The SMILES string of the molecule is Fc1ccc(Cl)c(CNCCCCCl)c1. The number of halogens is 3. The van der Waals surface area contributed by atoms with Gasteiger partial charge in [-0.05, 0) is 43.1 Å². The second-order valence-electron chi connectivity index (χ2n) is 3.31. The van der Waals surface area contributed by atoms with Gasteiger partial charge in [0, 0.05) is 17.4 Å². The highest BCUT2D eigenvalue weighted by molar-refractivity contribution is 6.31. The van der Waals surface area contributed by atoms with Crippen LogP contribution in [0.1, 0.15) is 18.4 Å². The largest absolute Gasteiger partial charge is 0.313 e. The minimum Gasteiger partial charge on any atom is -0.313 e. The minimum atomic E-state index is -0.253. The zero-order valence-electron chi connectivity index (χ0n) is 8.40. The second-order valence-corrected chi connectivity index (χ2v) is 4.09. The first kappa shape index (κ1) is 12.8. The van der Waals surface area contributed by atoms with Gasteiger partial charge in [0.2, 0.25) is 0 Å². The van der Waals surface area contributed by atoms with E-state index in [-0.39, 0.29) is 5.82 Å². The first-order valence-corrected chi connectivity index (χ1v) is 5.86. The molecule has 4 heteroatoms. The lowest BCUT2D eigenvalue weighted by Gasteiger charge is -2.06. The molecule has 0 aliphatic rings. The number of rotatable bonds is 6. The van der Waals surface area contributed by atoms with E-state index in [1.165, 1.54) is 12.1 Å². The van der Waals surface area contributed by atoms with Crippen LogP contribution in [0.5, 0.6) is 0 Å². The van der Waals surface area contributed by atoms with Gasteiger partial charge in [0.1, 0.15) is 5.82 Å². The topological polar surface area (TPSA) is 12.0 Å². The van der Waals surface area contributed by atoms with Crippen molar-refractivity contribution in [1.29, 1.82) is 0 Å². The van der Waals surface area contributed by atoms with Crippen molar-refractivity contribution in [3.05, 3.63) is 34.6 Å². The maximum atomic E-state index is 12.9. The summed E-state index contributed by atoms with van der Waals surface area (Å²) >= 11 is 11.5. The van der Waals surface area contributed by atoms with Crippen LogP contribution < -0.4 is 5.32 Å². The molecule has 0 aliphatic carbocycles. The summed E-state index contributed by atoms with van der Waals surface area (Å²) in [4.78, 5) is 0. The Kier molecular flexibility index (Phi) is 5.99.